The molecule has 1 fully saturated rings. The molecule has 0 bridgehead atoms. The molecular formula is C18H26N4O3. The second-order valence-electron chi connectivity index (χ2n) is 6.26. The lowest BCUT2D eigenvalue weighted by Crippen LogP contribution is -2.46. The van der Waals surface area contributed by atoms with Gasteiger partial charge in [-0.05, 0) is 31.5 Å². The van der Waals surface area contributed by atoms with E-state index in [2.05, 4.69) is 20.4 Å². The Morgan fingerprint density at radius 2 is 2.16 bits per heavy atom. The maximum absolute atomic E-state index is 5.81. The Labute approximate surface area is 148 Å². The van der Waals surface area contributed by atoms with E-state index in [1.165, 1.54) is 12.8 Å². The number of nitrogens with one attached hydrogen (secondary N) is 1. The second kappa shape index (κ2) is 8.82. The highest BCUT2D eigenvalue weighted by molar-refractivity contribution is 5.39. The number of nitrogens with zero attached hydrogens (tertiary/aromatic N) is 3. The highest BCUT2D eigenvalue weighted by Gasteiger charge is 2.20. The van der Waals surface area contributed by atoms with Crippen molar-refractivity contribution in [3.8, 4) is 11.5 Å². The molecule has 0 radical (unpaired) electrons. The number of ether oxygens (including phenoxy) is 2. The lowest BCUT2D eigenvalue weighted by Gasteiger charge is -2.32. The van der Waals surface area contributed by atoms with Crippen molar-refractivity contribution >= 4 is 0 Å². The normalized spacial score (nSPS) is 18.2. The molecule has 1 atom stereocenters. The van der Waals surface area contributed by atoms with Crippen molar-refractivity contribution in [2.75, 3.05) is 33.4 Å². The molecule has 0 unspecified atom stereocenters. The third-order valence-corrected chi connectivity index (χ3v) is 4.30. The van der Waals surface area contributed by atoms with Crippen LogP contribution in [-0.4, -0.2) is 54.4 Å². The molecular weight excluding hydrogens is 320 g/mol. The summed E-state index contributed by atoms with van der Waals surface area (Å²) in [5, 5.41) is 7.56. The number of benzene rings is 1. The number of hydrogen-bond acceptors (Lipinski definition) is 7. The van der Waals surface area contributed by atoms with Crippen molar-refractivity contribution in [3.05, 3.63) is 36.0 Å². The molecule has 2 heterocycles. The topological polar surface area (TPSA) is 72.7 Å². The SMILES string of the molecule is COc1ccccc1OCCN[C@H]1CCCN(Cc2noc(C)n2)C1. The summed E-state index contributed by atoms with van der Waals surface area (Å²) in [7, 11) is 1.66. The number of aromatic nitrogens is 2. The number of para-hydroxylation sites is 2. The minimum absolute atomic E-state index is 0.461. The third kappa shape index (κ3) is 5.17. The largest absolute Gasteiger partial charge is 0.493 e. The Morgan fingerprint density at radius 3 is 2.92 bits per heavy atom. The Kier molecular flexibility index (Phi) is 6.25. The fraction of sp³-hybridized carbons (Fsp3) is 0.556. The first-order valence-corrected chi connectivity index (χ1v) is 8.75. The van der Waals surface area contributed by atoms with Crippen LogP contribution in [0.3, 0.4) is 0 Å². The van der Waals surface area contributed by atoms with Crippen molar-refractivity contribution in [3.63, 3.8) is 0 Å². The zero-order valence-corrected chi connectivity index (χ0v) is 14.9. The quantitative estimate of drug-likeness (QED) is 0.733. The van der Waals surface area contributed by atoms with E-state index in [4.69, 9.17) is 14.0 Å². The van der Waals surface area contributed by atoms with Gasteiger partial charge in [-0.25, -0.2) is 0 Å². The van der Waals surface area contributed by atoms with Gasteiger partial charge < -0.3 is 19.3 Å². The van der Waals surface area contributed by atoms with Gasteiger partial charge in [0.25, 0.3) is 0 Å². The second-order valence-corrected chi connectivity index (χ2v) is 6.26. The van der Waals surface area contributed by atoms with Crippen LogP contribution in [0, 0.1) is 6.92 Å². The molecule has 136 valence electrons. The minimum Gasteiger partial charge on any atom is -0.493 e. The molecule has 7 nitrogen and oxygen atoms in total. The molecule has 0 saturated carbocycles. The number of methoxy groups -OCH3 is 1. The molecule has 1 aliphatic heterocycles. The van der Waals surface area contributed by atoms with Crippen molar-refractivity contribution < 1.29 is 14.0 Å². The van der Waals surface area contributed by atoms with E-state index in [-0.39, 0.29) is 0 Å². The van der Waals surface area contributed by atoms with E-state index < -0.39 is 0 Å². The molecule has 1 aromatic heterocycles. The highest BCUT2D eigenvalue weighted by Crippen LogP contribution is 2.25. The predicted octanol–water partition coefficient (Wildman–Crippen LogP) is 2.02. The lowest BCUT2D eigenvalue weighted by atomic mass is 10.1. The first-order chi connectivity index (χ1) is 12.2. The molecule has 1 saturated heterocycles. The van der Waals surface area contributed by atoms with E-state index in [9.17, 15) is 0 Å². The molecule has 7 heteroatoms. The monoisotopic (exact) mass is 346 g/mol. The molecule has 1 aromatic carbocycles. The van der Waals surface area contributed by atoms with E-state index in [1.54, 1.807) is 7.11 Å². The molecule has 0 aliphatic carbocycles. The van der Waals surface area contributed by atoms with Gasteiger partial charge in [-0.15, -0.1) is 0 Å². The predicted molar refractivity (Wildman–Crippen MR) is 93.8 cm³/mol. The van der Waals surface area contributed by atoms with Crippen LogP contribution >= 0.6 is 0 Å². The summed E-state index contributed by atoms with van der Waals surface area (Å²) in [5.74, 6) is 2.93. The van der Waals surface area contributed by atoms with Crippen molar-refractivity contribution in [2.45, 2.75) is 32.4 Å². The summed E-state index contributed by atoms with van der Waals surface area (Å²) >= 11 is 0. The summed E-state index contributed by atoms with van der Waals surface area (Å²) in [6.45, 7) is 6.04. The van der Waals surface area contributed by atoms with Crippen LogP contribution in [0.5, 0.6) is 11.5 Å². The average Bonchev–Trinajstić information content (AvgIpc) is 3.04. The van der Waals surface area contributed by atoms with Gasteiger partial charge in [0.05, 0.1) is 13.7 Å². The summed E-state index contributed by atoms with van der Waals surface area (Å²) in [4.78, 5) is 6.65. The number of piperidine rings is 1. The third-order valence-electron chi connectivity index (χ3n) is 4.30. The van der Waals surface area contributed by atoms with Gasteiger partial charge >= 0.3 is 0 Å². The minimum atomic E-state index is 0.461. The lowest BCUT2D eigenvalue weighted by molar-refractivity contribution is 0.173. The van der Waals surface area contributed by atoms with Gasteiger partial charge in [0.2, 0.25) is 5.89 Å². The Balaban J connectivity index is 1.39. The van der Waals surface area contributed by atoms with Crippen LogP contribution in [-0.2, 0) is 6.54 Å². The fourth-order valence-corrected chi connectivity index (χ4v) is 3.13. The standard InChI is InChI=1S/C18H26N4O3/c1-14-20-18(21-25-14)13-22-10-5-6-15(12-22)19-9-11-24-17-8-4-3-7-16(17)23-2/h3-4,7-8,15,19H,5-6,9-13H2,1-2H3/t15-/m0/s1. The van der Waals surface area contributed by atoms with Crippen LogP contribution in [0.2, 0.25) is 0 Å². The van der Waals surface area contributed by atoms with Gasteiger partial charge in [-0.3, -0.25) is 4.90 Å². The summed E-state index contributed by atoms with van der Waals surface area (Å²) in [5.41, 5.74) is 0. The Morgan fingerprint density at radius 1 is 1.32 bits per heavy atom. The zero-order chi connectivity index (χ0) is 17.5. The van der Waals surface area contributed by atoms with Gasteiger partial charge in [-0.1, -0.05) is 17.3 Å². The van der Waals surface area contributed by atoms with Crippen LogP contribution < -0.4 is 14.8 Å². The Bertz CT molecular complexity index is 661. The number of likely N-dealkylation sites (tertiary alicyclic amines) is 1. The number of hydrogen-bond donors (Lipinski definition) is 1. The van der Waals surface area contributed by atoms with E-state index in [1.807, 2.05) is 31.2 Å². The average molecular weight is 346 g/mol. The van der Waals surface area contributed by atoms with Crippen LogP contribution in [0.4, 0.5) is 0 Å². The summed E-state index contributed by atoms with van der Waals surface area (Å²) in [6, 6.07) is 8.17. The zero-order valence-electron chi connectivity index (χ0n) is 14.9. The summed E-state index contributed by atoms with van der Waals surface area (Å²) < 4.78 is 16.1. The van der Waals surface area contributed by atoms with Gasteiger partial charge in [0.1, 0.15) is 6.61 Å². The first-order valence-electron chi connectivity index (χ1n) is 8.75. The molecule has 1 aliphatic rings. The summed E-state index contributed by atoms with van der Waals surface area (Å²) in [6.07, 6.45) is 2.35. The van der Waals surface area contributed by atoms with Crippen molar-refractivity contribution in [1.29, 1.82) is 0 Å². The number of rotatable bonds is 8. The van der Waals surface area contributed by atoms with E-state index in [0.29, 0.717) is 18.5 Å². The van der Waals surface area contributed by atoms with Gasteiger partial charge in [0, 0.05) is 26.1 Å². The van der Waals surface area contributed by atoms with Crippen LogP contribution in [0.15, 0.2) is 28.8 Å². The van der Waals surface area contributed by atoms with E-state index in [0.717, 1.165) is 43.5 Å². The first kappa shape index (κ1) is 17.7. The molecule has 0 spiro atoms. The van der Waals surface area contributed by atoms with Crippen LogP contribution in [0.1, 0.15) is 24.6 Å². The molecule has 3 rings (SSSR count). The maximum atomic E-state index is 5.81. The maximum Gasteiger partial charge on any atom is 0.223 e. The van der Waals surface area contributed by atoms with Gasteiger partial charge in [0.15, 0.2) is 17.3 Å². The fourth-order valence-electron chi connectivity index (χ4n) is 3.13. The highest BCUT2D eigenvalue weighted by atomic mass is 16.5. The Hall–Kier alpha value is -2.12. The molecule has 0 amide bonds. The van der Waals surface area contributed by atoms with Gasteiger partial charge in [-0.2, -0.15) is 4.98 Å². The molecule has 25 heavy (non-hydrogen) atoms. The smallest absolute Gasteiger partial charge is 0.223 e. The number of aryl methyl sites for hydroxylation is 1. The van der Waals surface area contributed by atoms with Crippen molar-refractivity contribution in [1.82, 2.24) is 20.4 Å². The van der Waals surface area contributed by atoms with E-state index >= 15 is 0 Å². The van der Waals surface area contributed by atoms with Crippen molar-refractivity contribution in [2.24, 2.45) is 0 Å². The molecule has 2 aromatic rings. The van der Waals surface area contributed by atoms with Crippen LogP contribution in [0.25, 0.3) is 0 Å². The molecule has 1 N–H and O–H groups in total.